The van der Waals surface area contributed by atoms with Crippen LogP contribution in [0.4, 0.5) is 10.5 Å². The Kier molecular flexibility index (Phi) is 9.81. The molecule has 12 heteroatoms. The summed E-state index contributed by atoms with van der Waals surface area (Å²) in [4.78, 5) is 65.1. The van der Waals surface area contributed by atoms with Gasteiger partial charge >= 0.3 is 6.09 Å². The number of hydrogen-bond acceptors (Lipinski definition) is 8. The molecule has 2 heterocycles. The number of ether oxygens (including phenoxy) is 2. The third kappa shape index (κ3) is 7.75. The number of benzene rings is 1. The second-order valence-corrected chi connectivity index (χ2v) is 10.3. The monoisotopic (exact) mass is 531 g/mol. The Hall–Kier alpha value is -3.51. The molecule has 1 saturated heterocycles. The van der Waals surface area contributed by atoms with Crippen LogP contribution < -0.4 is 16.4 Å². The average molecular weight is 532 g/mol. The molecule has 1 aromatic carbocycles. The molecule has 0 bridgehead atoms. The van der Waals surface area contributed by atoms with E-state index in [1.165, 1.54) is 9.80 Å². The first-order valence-electron chi connectivity index (χ1n) is 12.8. The molecule has 0 aliphatic carbocycles. The Morgan fingerprint density at radius 2 is 1.95 bits per heavy atom. The minimum Gasteiger partial charge on any atom is -0.444 e. The fourth-order valence-electron chi connectivity index (χ4n) is 4.33. The second-order valence-electron chi connectivity index (χ2n) is 10.3. The normalized spacial score (nSPS) is 17.2. The summed E-state index contributed by atoms with van der Waals surface area (Å²) in [6.07, 6.45) is 0.467. The van der Waals surface area contributed by atoms with Gasteiger partial charge in [-0.15, -0.1) is 0 Å². The van der Waals surface area contributed by atoms with E-state index in [0.717, 1.165) is 0 Å². The van der Waals surface area contributed by atoms with E-state index in [9.17, 15) is 24.0 Å². The highest BCUT2D eigenvalue weighted by Gasteiger charge is 2.40. The van der Waals surface area contributed by atoms with Crippen LogP contribution in [-0.2, 0) is 30.4 Å². The fraction of sp³-hybridized carbons (Fsp3) is 0.577. The highest BCUT2D eigenvalue weighted by atomic mass is 16.6. The molecule has 208 valence electrons. The van der Waals surface area contributed by atoms with Gasteiger partial charge in [-0.25, -0.2) is 4.79 Å². The molecule has 0 saturated carbocycles. The van der Waals surface area contributed by atoms with E-state index in [2.05, 4.69) is 10.6 Å². The molecular formula is C26H37N5O7. The topological polar surface area (TPSA) is 160 Å². The molecule has 3 rings (SSSR count). The predicted octanol–water partition coefficient (Wildman–Crippen LogP) is 1.38. The second kappa shape index (κ2) is 12.8. The number of anilines is 1. The molecule has 0 spiro atoms. The Labute approximate surface area is 222 Å². The van der Waals surface area contributed by atoms with E-state index < -0.39 is 23.6 Å². The Bertz CT molecular complexity index is 1070. The molecule has 1 aromatic rings. The number of nitrogens with zero attached hydrogens (tertiary/aromatic N) is 2. The van der Waals surface area contributed by atoms with Crippen molar-refractivity contribution in [2.75, 3.05) is 38.2 Å². The lowest BCUT2D eigenvalue weighted by atomic mass is 10.0. The van der Waals surface area contributed by atoms with Crippen LogP contribution in [0.2, 0.25) is 0 Å². The van der Waals surface area contributed by atoms with Crippen molar-refractivity contribution in [2.24, 2.45) is 5.73 Å². The van der Waals surface area contributed by atoms with Crippen LogP contribution >= 0.6 is 0 Å². The Balaban J connectivity index is 1.57. The minimum atomic E-state index is -0.733. The molecule has 0 radical (unpaired) electrons. The van der Waals surface area contributed by atoms with E-state index in [0.29, 0.717) is 56.1 Å². The number of carbonyl (C=O) groups excluding carboxylic acids is 5. The fourth-order valence-corrected chi connectivity index (χ4v) is 4.33. The lowest BCUT2D eigenvalue weighted by Crippen LogP contribution is -2.52. The molecule has 2 aliphatic heterocycles. The van der Waals surface area contributed by atoms with Gasteiger partial charge in [0, 0.05) is 55.8 Å². The summed E-state index contributed by atoms with van der Waals surface area (Å²) in [5.41, 5.74) is 6.32. The zero-order valence-corrected chi connectivity index (χ0v) is 22.2. The standard InChI is InChI=1S/C26H37N5O7/c1-26(2,3)38-25(36)30(13-15-37-14-11-27)12-5-8-21(32)28-19-7-4-6-17-18(19)16-31(24(17)35)20-9-10-22(33)29-23(20)34/h4,6-7,20H,5,8-16,27H2,1-3H3,(H,28,32)(H,29,33,34). The van der Waals surface area contributed by atoms with Crippen LogP contribution in [-0.4, -0.2) is 84.0 Å². The van der Waals surface area contributed by atoms with Crippen LogP contribution in [0.3, 0.4) is 0 Å². The van der Waals surface area contributed by atoms with Gasteiger partial charge in [0.15, 0.2) is 0 Å². The van der Waals surface area contributed by atoms with Crippen LogP contribution in [0.25, 0.3) is 0 Å². The van der Waals surface area contributed by atoms with Crippen LogP contribution in [0, 0.1) is 0 Å². The maximum absolute atomic E-state index is 13.0. The maximum atomic E-state index is 13.0. The highest BCUT2D eigenvalue weighted by molar-refractivity contribution is 6.06. The summed E-state index contributed by atoms with van der Waals surface area (Å²) < 4.78 is 10.9. The van der Waals surface area contributed by atoms with Gasteiger partial charge in [-0.05, 0) is 45.7 Å². The lowest BCUT2D eigenvalue weighted by molar-refractivity contribution is -0.137. The number of hydrogen-bond donors (Lipinski definition) is 3. The van der Waals surface area contributed by atoms with Crippen LogP contribution in [0.1, 0.15) is 62.4 Å². The highest BCUT2D eigenvalue weighted by Crippen LogP contribution is 2.32. The largest absolute Gasteiger partial charge is 0.444 e. The Morgan fingerprint density at radius 1 is 1.18 bits per heavy atom. The summed E-state index contributed by atoms with van der Waals surface area (Å²) in [6, 6.07) is 4.31. The summed E-state index contributed by atoms with van der Waals surface area (Å²) in [5, 5.41) is 5.14. The molecule has 2 aliphatic rings. The van der Waals surface area contributed by atoms with Gasteiger partial charge in [0.2, 0.25) is 17.7 Å². The number of amides is 5. The van der Waals surface area contributed by atoms with Gasteiger partial charge < -0.3 is 30.3 Å². The van der Waals surface area contributed by atoms with Crippen molar-refractivity contribution in [2.45, 2.75) is 64.6 Å². The van der Waals surface area contributed by atoms with Crippen molar-refractivity contribution in [3.8, 4) is 0 Å². The van der Waals surface area contributed by atoms with E-state index in [1.807, 2.05) is 0 Å². The number of carbonyl (C=O) groups is 5. The summed E-state index contributed by atoms with van der Waals surface area (Å²) in [7, 11) is 0. The lowest BCUT2D eigenvalue weighted by Gasteiger charge is -2.29. The third-order valence-electron chi connectivity index (χ3n) is 6.11. The van der Waals surface area contributed by atoms with Gasteiger partial charge in [0.1, 0.15) is 11.6 Å². The number of nitrogens with two attached hydrogens (primary N) is 1. The SMILES string of the molecule is CC(C)(C)OC(=O)N(CCCC(=O)Nc1cccc2c1CN(C1CCC(=O)NC1=O)C2=O)CCOCCN. The van der Waals surface area contributed by atoms with Crippen molar-refractivity contribution in [1.29, 1.82) is 0 Å². The average Bonchev–Trinajstić information content (AvgIpc) is 3.16. The van der Waals surface area contributed by atoms with Gasteiger partial charge in [-0.1, -0.05) is 6.07 Å². The van der Waals surface area contributed by atoms with E-state index in [1.54, 1.807) is 39.0 Å². The van der Waals surface area contributed by atoms with Gasteiger partial charge in [-0.2, -0.15) is 0 Å². The molecule has 1 unspecified atom stereocenters. The smallest absolute Gasteiger partial charge is 0.410 e. The molecule has 1 atom stereocenters. The maximum Gasteiger partial charge on any atom is 0.410 e. The van der Waals surface area contributed by atoms with E-state index >= 15 is 0 Å². The summed E-state index contributed by atoms with van der Waals surface area (Å²) in [5.74, 6) is -1.42. The van der Waals surface area contributed by atoms with Crippen molar-refractivity contribution >= 4 is 35.4 Å². The zero-order valence-electron chi connectivity index (χ0n) is 22.2. The quantitative estimate of drug-likeness (QED) is 0.285. The molecule has 0 aromatic heterocycles. The molecule has 1 fully saturated rings. The van der Waals surface area contributed by atoms with Gasteiger partial charge in [0.25, 0.3) is 5.91 Å². The number of imide groups is 1. The van der Waals surface area contributed by atoms with E-state index in [-0.39, 0.29) is 43.5 Å². The molecule has 12 nitrogen and oxygen atoms in total. The molecule has 4 N–H and O–H groups in total. The number of nitrogens with one attached hydrogen (secondary N) is 2. The third-order valence-corrected chi connectivity index (χ3v) is 6.11. The Morgan fingerprint density at radius 3 is 2.63 bits per heavy atom. The van der Waals surface area contributed by atoms with Crippen LogP contribution in [0.15, 0.2) is 18.2 Å². The molecule has 5 amide bonds. The summed E-state index contributed by atoms with van der Waals surface area (Å²) >= 11 is 0. The number of fused-ring (bicyclic) bond motifs is 1. The summed E-state index contributed by atoms with van der Waals surface area (Å²) in [6.45, 7) is 7.18. The zero-order chi connectivity index (χ0) is 27.9. The first-order valence-corrected chi connectivity index (χ1v) is 12.8. The molecular weight excluding hydrogens is 494 g/mol. The molecule has 38 heavy (non-hydrogen) atoms. The van der Waals surface area contributed by atoms with E-state index in [4.69, 9.17) is 15.2 Å². The van der Waals surface area contributed by atoms with Crippen molar-refractivity contribution in [3.63, 3.8) is 0 Å². The number of piperidine rings is 1. The first kappa shape index (κ1) is 29.1. The number of rotatable bonds is 11. The van der Waals surface area contributed by atoms with Crippen molar-refractivity contribution in [1.82, 2.24) is 15.1 Å². The van der Waals surface area contributed by atoms with Crippen molar-refractivity contribution in [3.05, 3.63) is 29.3 Å². The predicted molar refractivity (Wildman–Crippen MR) is 138 cm³/mol. The van der Waals surface area contributed by atoms with Gasteiger partial charge in [-0.3, -0.25) is 24.5 Å². The van der Waals surface area contributed by atoms with Crippen molar-refractivity contribution < 1.29 is 33.4 Å². The van der Waals surface area contributed by atoms with Gasteiger partial charge in [0.05, 0.1) is 13.2 Å². The van der Waals surface area contributed by atoms with Crippen LogP contribution in [0.5, 0.6) is 0 Å². The first-order chi connectivity index (χ1) is 18.0. The minimum absolute atomic E-state index is 0.136.